The molecule has 4 heteroatoms. The minimum Gasteiger partial charge on any atom is -0.310 e. The van der Waals surface area contributed by atoms with E-state index in [9.17, 15) is 0 Å². The summed E-state index contributed by atoms with van der Waals surface area (Å²) in [6, 6.07) is 63.6. The van der Waals surface area contributed by atoms with Crippen LogP contribution in [0.3, 0.4) is 0 Å². The Balaban J connectivity index is 1.19. The summed E-state index contributed by atoms with van der Waals surface area (Å²) in [5, 5.41) is 7.51. The van der Waals surface area contributed by atoms with E-state index in [0.717, 1.165) is 22.7 Å². The predicted octanol–water partition coefficient (Wildman–Crippen LogP) is 12.6. The Morgan fingerprint density at radius 1 is 0.417 bits per heavy atom. The number of fused-ring (bicyclic) bond motifs is 7. The van der Waals surface area contributed by atoms with Gasteiger partial charge < -0.3 is 14.0 Å². The maximum absolute atomic E-state index is 2.44. The maximum atomic E-state index is 2.44. The van der Waals surface area contributed by atoms with Gasteiger partial charge in [-0.3, -0.25) is 0 Å². The number of hydrogen-bond acceptors (Lipinski definition) is 2. The zero-order chi connectivity index (χ0) is 31.6. The standard InChI is InChI=1S/C44H29N3S/c1-2-14-31(15-3-1)45(32-25-27-33(28-26-32)46-37-19-8-5-16-34(37)35-17-6-9-20-38(35)46)40-22-12-23-41-44(40)36-18-7-10-21-39(36)47(41)43-29-30-13-4-11-24-42(30)48-43/h1-29H. The molecule has 0 atom stereocenters. The highest BCUT2D eigenvalue weighted by atomic mass is 32.1. The van der Waals surface area contributed by atoms with Crippen LogP contribution in [0, 0.1) is 0 Å². The van der Waals surface area contributed by atoms with E-state index in [-0.39, 0.29) is 0 Å². The highest BCUT2D eigenvalue weighted by molar-refractivity contribution is 7.21. The van der Waals surface area contributed by atoms with E-state index >= 15 is 0 Å². The summed E-state index contributed by atoms with van der Waals surface area (Å²) in [6.07, 6.45) is 0. The van der Waals surface area contributed by atoms with Crippen LogP contribution in [0.5, 0.6) is 0 Å². The van der Waals surface area contributed by atoms with Gasteiger partial charge in [-0.15, -0.1) is 11.3 Å². The average Bonchev–Trinajstić information content (AvgIpc) is 3.83. The van der Waals surface area contributed by atoms with Crippen LogP contribution < -0.4 is 4.90 Å². The van der Waals surface area contributed by atoms with Crippen molar-refractivity contribution in [3.63, 3.8) is 0 Å². The molecule has 0 N–H and O–H groups in total. The fourth-order valence-electron chi connectivity index (χ4n) is 7.46. The van der Waals surface area contributed by atoms with Crippen molar-refractivity contribution in [1.82, 2.24) is 9.13 Å². The van der Waals surface area contributed by atoms with Crippen molar-refractivity contribution in [2.45, 2.75) is 0 Å². The molecule has 3 aromatic heterocycles. The van der Waals surface area contributed by atoms with Crippen molar-refractivity contribution in [1.29, 1.82) is 0 Å². The molecule has 3 heterocycles. The number of anilines is 3. The SMILES string of the molecule is c1ccc(N(c2ccc(-n3c4ccccc4c4ccccc43)cc2)c2cccc3c2c2ccccc2n3-c2cc3ccccc3s2)cc1. The van der Waals surface area contributed by atoms with E-state index in [1.54, 1.807) is 0 Å². The Morgan fingerprint density at radius 3 is 1.69 bits per heavy atom. The molecule has 0 aliphatic carbocycles. The van der Waals surface area contributed by atoms with Crippen LogP contribution in [0.15, 0.2) is 176 Å². The predicted molar refractivity (Wildman–Crippen MR) is 205 cm³/mol. The number of rotatable bonds is 5. The molecule has 0 aliphatic rings. The summed E-state index contributed by atoms with van der Waals surface area (Å²) in [7, 11) is 0. The molecule has 0 fully saturated rings. The van der Waals surface area contributed by atoms with E-state index in [0.29, 0.717) is 0 Å². The summed E-state index contributed by atoms with van der Waals surface area (Å²) in [4.78, 5) is 2.40. The Morgan fingerprint density at radius 2 is 0.979 bits per heavy atom. The topological polar surface area (TPSA) is 13.1 Å². The van der Waals surface area contributed by atoms with Gasteiger partial charge in [0.25, 0.3) is 0 Å². The lowest BCUT2D eigenvalue weighted by molar-refractivity contribution is 1.17. The molecule has 0 radical (unpaired) electrons. The van der Waals surface area contributed by atoms with E-state index in [1.165, 1.54) is 58.7 Å². The van der Waals surface area contributed by atoms with E-state index in [4.69, 9.17) is 0 Å². The van der Waals surface area contributed by atoms with E-state index in [2.05, 4.69) is 190 Å². The lowest BCUT2D eigenvalue weighted by atomic mass is 10.1. The minimum absolute atomic E-state index is 1.11. The van der Waals surface area contributed by atoms with Gasteiger partial charge in [0.1, 0.15) is 5.00 Å². The van der Waals surface area contributed by atoms with Gasteiger partial charge in [0.05, 0.1) is 27.8 Å². The van der Waals surface area contributed by atoms with Crippen LogP contribution in [0.1, 0.15) is 0 Å². The summed E-state index contributed by atoms with van der Waals surface area (Å²) in [5.41, 5.74) is 9.35. The molecule has 0 saturated carbocycles. The first-order chi connectivity index (χ1) is 23.8. The van der Waals surface area contributed by atoms with Crippen LogP contribution in [-0.2, 0) is 0 Å². The first-order valence-corrected chi connectivity index (χ1v) is 17.1. The number of hydrogen-bond donors (Lipinski definition) is 0. The van der Waals surface area contributed by atoms with Crippen LogP contribution >= 0.6 is 11.3 Å². The molecule has 7 aromatic carbocycles. The molecule has 10 aromatic rings. The number of nitrogens with zero attached hydrogens (tertiary/aromatic N) is 3. The smallest absolute Gasteiger partial charge is 0.101 e. The van der Waals surface area contributed by atoms with Crippen LogP contribution in [-0.4, -0.2) is 9.13 Å². The molecule has 0 spiro atoms. The largest absolute Gasteiger partial charge is 0.310 e. The Hall–Kier alpha value is -6.10. The normalized spacial score (nSPS) is 11.8. The number of aromatic nitrogens is 2. The van der Waals surface area contributed by atoms with Gasteiger partial charge in [-0.1, -0.05) is 97.1 Å². The summed E-state index contributed by atoms with van der Waals surface area (Å²) in [6.45, 7) is 0. The van der Waals surface area contributed by atoms with Gasteiger partial charge in [0.15, 0.2) is 0 Å². The lowest BCUT2D eigenvalue weighted by Gasteiger charge is -2.26. The molecule has 48 heavy (non-hydrogen) atoms. The van der Waals surface area contributed by atoms with Gasteiger partial charge in [0, 0.05) is 43.3 Å². The minimum atomic E-state index is 1.11. The average molecular weight is 632 g/mol. The molecular weight excluding hydrogens is 603 g/mol. The fourth-order valence-corrected chi connectivity index (χ4v) is 8.55. The monoisotopic (exact) mass is 631 g/mol. The van der Waals surface area contributed by atoms with Gasteiger partial charge in [0.2, 0.25) is 0 Å². The van der Waals surface area contributed by atoms with Crippen LogP contribution in [0.2, 0.25) is 0 Å². The second kappa shape index (κ2) is 10.7. The first-order valence-electron chi connectivity index (χ1n) is 16.3. The molecule has 10 rings (SSSR count). The summed E-state index contributed by atoms with van der Waals surface area (Å²) >= 11 is 1.84. The van der Waals surface area contributed by atoms with Gasteiger partial charge in [-0.05, 0) is 84.2 Å². The highest BCUT2D eigenvalue weighted by Crippen LogP contribution is 2.45. The molecular formula is C44H29N3S. The Labute approximate surface area is 281 Å². The number of thiophene rings is 1. The molecule has 226 valence electrons. The van der Waals surface area contributed by atoms with Crippen molar-refractivity contribution in [2.24, 2.45) is 0 Å². The molecule has 0 bridgehead atoms. The zero-order valence-electron chi connectivity index (χ0n) is 26.0. The third-order valence-electron chi connectivity index (χ3n) is 9.51. The van der Waals surface area contributed by atoms with E-state index < -0.39 is 0 Å². The summed E-state index contributed by atoms with van der Waals surface area (Å²) in [5.74, 6) is 0. The van der Waals surface area contributed by atoms with Gasteiger partial charge >= 0.3 is 0 Å². The van der Waals surface area contributed by atoms with Crippen LogP contribution in [0.25, 0.3) is 64.4 Å². The van der Waals surface area contributed by atoms with Crippen molar-refractivity contribution >= 4 is 82.1 Å². The first kappa shape index (κ1) is 27.1. The van der Waals surface area contributed by atoms with Crippen molar-refractivity contribution in [3.8, 4) is 10.7 Å². The third kappa shape index (κ3) is 4.06. The van der Waals surface area contributed by atoms with Crippen LogP contribution in [0.4, 0.5) is 17.1 Å². The third-order valence-corrected chi connectivity index (χ3v) is 10.6. The molecule has 3 nitrogen and oxygen atoms in total. The number of para-hydroxylation sites is 4. The lowest BCUT2D eigenvalue weighted by Crippen LogP contribution is -2.10. The molecule has 0 amide bonds. The second-order valence-corrected chi connectivity index (χ2v) is 13.3. The quantitative estimate of drug-likeness (QED) is 0.184. The zero-order valence-corrected chi connectivity index (χ0v) is 26.8. The maximum Gasteiger partial charge on any atom is 0.101 e. The highest BCUT2D eigenvalue weighted by Gasteiger charge is 2.22. The molecule has 0 aliphatic heterocycles. The molecule has 0 unspecified atom stereocenters. The van der Waals surface area contributed by atoms with Gasteiger partial charge in [-0.25, -0.2) is 0 Å². The molecule has 0 saturated heterocycles. The second-order valence-electron chi connectivity index (χ2n) is 12.2. The fraction of sp³-hybridized carbons (Fsp3) is 0. The summed E-state index contributed by atoms with van der Waals surface area (Å²) < 4.78 is 6.11. The van der Waals surface area contributed by atoms with E-state index in [1.807, 2.05) is 11.3 Å². The van der Waals surface area contributed by atoms with Gasteiger partial charge in [-0.2, -0.15) is 0 Å². The number of benzene rings is 7. The van der Waals surface area contributed by atoms with Crippen molar-refractivity contribution in [3.05, 3.63) is 176 Å². The van der Waals surface area contributed by atoms with Crippen molar-refractivity contribution in [2.75, 3.05) is 4.90 Å². The Bertz CT molecular complexity index is 2700. The van der Waals surface area contributed by atoms with Crippen molar-refractivity contribution < 1.29 is 0 Å². The Kier molecular flexibility index (Phi) is 6.05.